The number of hydrogen-bond donors (Lipinski definition) is 0. The molecule has 1 heterocycles. The van der Waals surface area contributed by atoms with E-state index in [2.05, 4.69) is 54.9 Å². The van der Waals surface area contributed by atoms with E-state index in [1.54, 1.807) is 11.8 Å². The van der Waals surface area contributed by atoms with Crippen molar-refractivity contribution in [1.82, 2.24) is 4.90 Å². The number of rotatable bonds is 2. The van der Waals surface area contributed by atoms with E-state index < -0.39 is 0 Å². The minimum absolute atomic E-state index is 0.0217. The second-order valence-corrected chi connectivity index (χ2v) is 8.70. The van der Waals surface area contributed by atoms with Gasteiger partial charge in [0.1, 0.15) is 0 Å². The number of amidine groups is 1. The minimum atomic E-state index is -0.284. The zero-order valence-electron chi connectivity index (χ0n) is 14.8. The summed E-state index contributed by atoms with van der Waals surface area (Å²) < 4.78 is 0.804. The zero-order chi connectivity index (χ0) is 18.2. The normalized spacial score (nSPS) is 18.0. The lowest BCUT2D eigenvalue weighted by Gasteiger charge is -2.30. The highest BCUT2D eigenvalue weighted by molar-refractivity contribution is 9.10. The third-order valence-electron chi connectivity index (χ3n) is 4.24. The Hall–Kier alpha value is -1.59. The fourth-order valence-electron chi connectivity index (χ4n) is 2.77. The number of thioether (sulfide) groups is 1. The van der Waals surface area contributed by atoms with Crippen LogP contribution < -0.4 is 0 Å². The van der Waals surface area contributed by atoms with Crippen LogP contribution in [0.25, 0.3) is 0 Å². The van der Waals surface area contributed by atoms with Crippen molar-refractivity contribution in [2.45, 2.75) is 33.2 Å². The lowest BCUT2D eigenvalue weighted by Crippen LogP contribution is -2.46. The van der Waals surface area contributed by atoms with E-state index in [9.17, 15) is 4.79 Å². The molecule has 1 aliphatic heterocycles. The first kappa shape index (κ1) is 18.2. The van der Waals surface area contributed by atoms with Crippen molar-refractivity contribution in [3.05, 3.63) is 63.6 Å². The topological polar surface area (TPSA) is 32.7 Å². The molecule has 5 heteroatoms. The lowest BCUT2D eigenvalue weighted by atomic mass is 10.0. The molecule has 3 rings (SSSR count). The molecular formula is C20H21BrN2OS. The molecule has 0 bridgehead atoms. The van der Waals surface area contributed by atoms with Crippen LogP contribution in [-0.4, -0.2) is 27.3 Å². The molecule has 0 N–H and O–H groups in total. The zero-order valence-corrected chi connectivity index (χ0v) is 17.2. The third-order valence-corrected chi connectivity index (χ3v) is 6.31. The quantitative estimate of drug-likeness (QED) is 0.626. The molecule has 2 aromatic carbocycles. The van der Waals surface area contributed by atoms with Gasteiger partial charge in [0, 0.05) is 10.2 Å². The van der Waals surface area contributed by atoms with Gasteiger partial charge in [-0.3, -0.25) is 9.69 Å². The number of carbonyl (C=O) groups is 1. The first-order valence-electron chi connectivity index (χ1n) is 8.17. The Labute approximate surface area is 161 Å². The minimum Gasteiger partial charge on any atom is -0.281 e. The fourth-order valence-corrected chi connectivity index (χ4v) is 4.46. The van der Waals surface area contributed by atoms with Crippen molar-refractivity contribution in [2.75, 3.05) is 5.75 Å². The molecule has 25 heavy (non-hydrogen) atoms. The molecule has 130 valence electrons. The van der Waals surface area contributed by atoms with E-state index in [0.717, 1.165) is 32.2 Å². The number of halogens is 1. The fraction of sp³-hybridized carbons (Fsp3) is 0.300. The molecule has 0 radical (unpaired) electrons. The molecule has 1 amide bonds. The Kier molecular flexibility index (Phi) is 5.07. The predicted octanol–water partition coefficient (Wildman–Crippen LogP) is 5.72. The van der Waals surface area contributed by atoms with Crippen molar-refractivity contribution in [1.29, 1.82) is 0 Å². The largest absolute Gasteiger partial charge is 0.281 e. The van der Waals surface area contributed by atoms with Gasteiger partial charge in [-0.25, -0.2) is 4.99 Å². The maximum absolute atomic E-state index is 13.2. The van der Waals surface area contributed by atoms with E-state index in [0.29, 0.717) is 5.56 Å². The second-order valence-electron chi connectivity index (χ2n) is 6.91. The summed E-state index contributed by atoms with van der Waals surface area (Å²) in [6.07, 6.45) is 0. The summed E-state index contributed by atoms with van der Waals surface area (Å²) >= 11 is 5.13. The standard InChI is InChI=1S/C20H21BrN2OS/c1-13-9-10-14(2)17(11-13)22-19-23(20(3,4)12-25-19)18(24)15-7-5-6-8-16(15)21/h5-11H,12H2,1-4H3. The number of carbonyl (C=O) groups excluding carboxylic acids is 1. The summed E-state index contributed by atoms with van der Waals surface area (Å²) in [4.78, 5) is 19.9. The number of nitrogens with zero attached hydrogens (tertiary/aromatic N) is 2. The van der Waals surface area contributed by atoms with Gasteiger partial charge >= 0.3 is 0 Å². The van der Waals surface area contributed by atoms with E-state index in [4.69, 9.17) is 4.99 Å². The molecule has 1 aliphatic rings. The molecule has 1 fully saturated rings. The lowest BCUT2D eigenvalue weighted by molar-refractivity contribution is 0.0766. The number of benzene rings is 2. The summed E-state index contributed by atoms with van der Waals surface area (Å²) in [6.45, 7) is 8.27. The van der Waals surface area contributed by atoms with Gasteiger partial charge in [-0.05, 0) is 73.0 Å². The van der Waals surface area contributed by atoms with Crippen LogP contribution in [-0.2, 0) is 0 Å². The van der Waals surface area contributed by atoms with Crippen molar-refractivity contribution in [3.8, 4) is 0 Å². The van der Waals surface area contributed by atoms with Gasteiger partial charge in [-0.15, -0.1) is 0 Å². The molecule has 2 aromatic rings. The molecule has 1 saturated heterocycles. The second kappa shape index (κ2) is 6.96. The van der Waals surface area contributed by atoms with Crippen LogP contribution in [0.2, 0.25) is 0 Å². The van der Waals surface area contributed by atoms with Crippen LogP contribution in [0.3, 0.4) is 0 Å². The first-order valence-corrected chi connectivity index (χ1v) is 9.95. The highest BCUT2D eigenvalue weighted by Crippen LogP contribution is 2.37. The number of hydrogen-bond acceptors (Lipinski definition) is 3. The van der Waals surface area contributed by atoms with Gasteiger partial charge in [0.25, 0.3) is 5.91 Å². The smallest absolute Gasteiger partial charge is 0.261 e. The number of aryl methyl sites for hydroxylation is 2. The van der Waals surface area contributed by atoms with Gasteiger partial charge in [-0.2, -0.15) is 0 Å². The summed E-state index contributed by atoms with van der Waals surface area (Å²) in [6, 6.07) is 13.8. The van der Waals surface area contributed by atoms with Gasteiger partial charge in [0.2, 0.25) is 0 Å². The Balaban J connectivity index is 2.05. The SMILES string of the molecule is Cc1ccc(C)c(N=C2SCC(C)(C)N2C(=O)c2ccccc2Br)c1. The summed E-state index contributed by atoms with van der Waals surface area (Å²) in [5.74, 6) is 0.805. The van der Waals surface area contributed by atoms with Crippen molar-refractivity contribution < 1.29 is 4.79 Å². The van der Waals surface area contributed by atoms with E-state index in [1.165, 1.54) is 0 Å². The van der Waals surface area contributed by atoms with Crippen LogP contribution in [0.4, 0.5) is 5.69 Å². The molecule has 0 aliphatic carbocycles. The van der Waals surface area contributed by atoms with E-state index >= 15 is 0 Å². The summed E-state index contributed by atoms with van der Waals surface area (Å²) in [7, 11) is 0. The van der Waals surface area contributed by atoms with Gasteiger partial charge in [0.15, 0.2) is 5.17 Å². The molecule has 0 atom stereocenters. The molecule has 0 saturated carbocycles. The first-order chi connectivity index (χ1) is 11.8. The van der Waals surface area contributed by atoms with Crippen molar-refractivity contribution >= 4 is 44.5 Å². The average Bonchev–Trinajstić information content (AvgIpc) is 2.85. The van der Waals surface area contributed by atoms with Crippen molar-refractivity contribution in [3.63, 3.8) is 0 Å². The Bertz CT molecular complexity index is 861. The van der Waals surface area contributed by atoms with E-state index in [1.807, 2.05) is 36.1 Å². The maximum atomic E-state index is 13.2. The Morgan fingerprint density at radius 3 is 2.64 bits per heavy atom. The summed E-state index contributed by atoms with van der Waals surface area (Å²) in [5, 5.41) is 0.763. The highest BCUT2D eigenvalue weighted by Gasteiger charge is 2.42. The molecule has 3 nitrogen and oxygen atoms in total. The van der Waals surface area contributed by atoms with Crippen LogP contribution in [0.1, 0.15) is 35.3 Å². The maximum Gasteiger partial charge on any atom is 0.261 e. The number of amides is 1. The van der Waals surface area contributed by atoms with Crippen molar-refractivity contribution in [2.24, 2.45) is 4.99 Å². The van der Waals surface area contributed by atoms with Crippen LogP contribution >= 0.6 is 27.7 Å². The van der Waals surface area contributed by atoms with Crippen LogP contribution in [0.15, 0.2) is 51.9 Å². The van der Waals surface area contributed by atoms with Crippen LogP contribution in [0, 0.1) is 13.8 Å². The third kappa shape index (κ3) is 3.67. The Morgan fingerprint density at radius 2 is 1.92 bits per heavy atom. The predicted molar refractivity (Wildman–Crippen MR) is 110 cm³/mol. The summed E-state index contributed by atoms with van der Waals surface area (Å²) in [5.41, 5.74) is 3.57. The van der Waals surface area contributed by atoms with Gasteiger partial charge in [0.05, 0.1) is 16.8 Å². The number of aliphatic imine (C=N–C) groups is 1. The van der Waals surface area contributed by atoms with Crippen LogP contribution in [0.5, 0.6) is 0 Å². The molecular weight excluding hydrogens is 396 g/mol. The molecule has 0 spiro atoms. The van der Waals surface area contributed by atoms with Gasteiger partial charge in [-0.1, -0.05) is 36.0 Å². The highest BCUT2D eigenvalue weighted by atomic mass is 79.9. The van der Waals surface area contributed by atoms with Gasteiger partial charge < -0.3 is 0 Å². The Morgan fingerprint density at radius 1 is 1.20 bits per heavy atom. The monoisotopic (exact) mass is 416 g/mol. The molecule has 0 aromatic heterocycles. The average molecular weight is 417 g/mol. The van der Waals surface area contributed by atoms with E-state index in [-0.39, 0.29) is 11.4 Å². The molecule has 0 unspecified atom stereocenters.